The first-order valence-corrected chi connectivity index (χ1v) is 6.14. The molecule has 6 heteroatoms. The van der Waals surface area contributed by atoms with Gasteiger partial charge in [0.1, 0.15) is 0 Å². The molecule has 1 aromatic carbocycles. The van der Waals surface area contributed by atoms with Crippen LogP contribution in [0.1, 0.15) is 5.56 Å². The van der Waals surface area contributed by atoms with E-state index in [4.69, 9.17) is 11.6 Å². The number of alkyl halides is 3. The molecule has 0 aliphatic carbocycles. The Morgan fingerprint density at radius 3 is 2.50 bits per heavy atom. The number of rotatable bonds is 1. The molecule has 0 saturated heterocycles. The van der Waals surface area contributed by atoms with Crippen molar-refractivity contribution in [2.24, 2.45) is 0 Å². The van der Waals surface area contributed by atoms with Crippen LogP contribution >= 0.6 is 11.6 Å². The number of halogens is 4. The molecule has 0 amide bonds. The molecule has 0 aliphatic heterocycles. The van der Waals surface area contributed by atoms with Crippen LogP contribution in [0.5, 0.6) is 0 Å². The second-order valence-corrected chi connectivity index (χ2v) is 4.66. The van der Waals surface area contributed by atoms with E-state index in [1.54, 1.807) is 28.8 Å². The van der Waals surface area contributed by atoms with Gasteiger partial charge in [-0.2, -0.15) is 13.2 Å². The molecule has 0 bridgehead atoms. The summed E-state index contributed by atoms with van der Waals surface area (Å²) in [6, 6.07) is 8.70. The summed E-state index contributed by atoms with van der Waals surface area (Å²) < 4.78 is 40.6. The van der Waals surface area contributed by atoms with E-state index in [9.17, 15) is 13.2 Å². The number of benzene rings is 1. The van der Waals surface area contributed by atoms with E-state index in [-0.39, 0.29) is 11.3 Å². The average molecular weight is 297 g/mol. The molecule has 2 heterocycles. The molecular formula is C14H8ClF3N2. The number of hydrogen-bond acceptors (Lipinski definition) is 1. The van der Waals surface area contributed by atoms with Crippen molar-refractivity contribution in [1.29, 1.82) is 0 Å². The largest absolute Gasteiger partial charge is 0.417 e. The summed E-state index contributed by atoms with van der Waals surface area (Å²) in [5.74, 6) is 0. The lowest BCUT2D eigenvalue weighted by Crippen LogP contribution is -2.06. The smallest absolute Gasteiger partial charge is 0.305 e. The summed E-state index contributed by atoms with van der Waals surface area (Å²) >= 11 is 5.98. The van der Waals surface area contributed by atoms with Crippen molar-refractivity contribution >= 4 is 17.2 Å². The highest BCUT2D eigenvalue weighted by Gasteiger charge is 2.33. The van der Waals surface area contributed by atoms with Crippen molar-refractivity contribution in [2.75, 3.05) is 0 Å². The van der Waals surface area contributed by atoms with Crippen LogP contribution in [0, 0.1) is 0 Å². The highest BCUT2D eigenvalue weighted by Crippen LogP contribution is 2.36. The molecule has 3 aromatic rings. The van der Waals surface area contributed by atoms with Crippen LogP contribution < -0.4 is 0 Å². The monoisotopic (exact) mass is 296 g/mol. The van der Waals surface area contributed by atoms with E-state index < -0.39 is 11.7 Å². The van der Waals surface area contributed by atoms with Gasteiger partial charge in [0, 0.05) is 18.0 Å². The second kappa shape index (κ2) is 4.52. The molecule has 20 heavy (non-hydrogen) atoms. The predicted octanol–water partition coefficient (Wildman–Crippen LogP) is 4.67. The van der Waals surface area contributed by atoms with E-state index in [0.717, 1.165) is 6.07 Å². The van der Waals surface area contributed by atoms with Crippen molar-refractivity contribution < 1.29 is 13.2 Å². The normalized spacial score (nSPS) is 12.0. The summed E-state index contributed by atoms with van der Waals surface area (Å²) in [6.07, 6.45) is -1.20. The lowest BCUT2D eigenvalue weighted by atomic mass is 10.1. The number of pyridine rings is 1. The van der Waals surface area contributed by atoms with Gasteiger partial charge in [0.2, 0.25) is 0 Å². The van der Waals surface area contributed by atoms with E-state index in [2.05, 4.69) is 4.98 Å². The maximum Gasteiger partial charge on any atom is 0.417 e. The van der Waals surface area contributed by atoms with Gasteiger partial charge in [0.05, 0.1) is 16.3 Å². The van der Waals surface area contributed by atoms with Gasteiger partial charge in [-0.25, -0.2) is 4.98 Å². The third kappa shape index (κ3) is 2.14. The van der Waals surface area contributed by atoms with Gasteiger partial charge < -0.3 is 4.40 Å². The summed E-state index contributed by atoms with van der Waals surface area (Å²) in [7, 11) is 0. The Morgan fingerprint density at radius 2 is 1.80 bits per heavy atom. The van der Waals surface area contributed by atoms with Crippen molar-refractivity contribution in [1.82, 2.24) is 9.38 Å². The fraction of sp³-hybridized carbons (Fsp3) is 0.0714. The van der Waals surface area contributed by atoms with E-state index in [1.807, 2.05) is 0 Å². The molecule has 2 aromatic heterocycles. The Bertz CT molecular complexity index is 777. The van der Waals surface area contributed by atoms with Crippen LogP contribution in [0.4, 0.5) is 13.2 Å². The number of hydrogen-bond donors (Lipinski definition) is 0. The van der Waals surface area contributed by atoms with Crippen molar-refractivity contribution in [2.45, 2.75) is 6.18 Å². The molecule has 0 unspecified atom stereocenters. The van der Waals surface area contributed by atoms with Crippen LogP contribution in [-0.4, -0.2) is 9.38 Å². The third-order valence-corrected chi connectivity index (χ3v) is 3.24. The maximum absolute atomic E-state index is 13.0. The zero-order valence-corrected chi connectivity index (χ0v) is 10.8. The highest BCUT2D eigenvalue weighted by atomic mass is 35.5. The fourth-order valence-electron chi connectivity index (χ4n) is 2.06. The average Bonchev–Trinajstić information content (AvgIpc) is 2.83. The Morgan fingerprint density at radius 1 is 1.05 bits per heavy atom. The Labute approximate surface area is 117 Å². The van der Waals surface area contributed by atoms with Gasteiger partial charge in [-0.3, -0.25) is 0 Å². The topological polar surface area (TPSA) is 17.3 Å². The van der Waals surface area contributed by atoms with Crippen LogP contribution in [0.15, 0.2) is 48.8 Å². The van der Waals surface area contributed by atoms with Crippen LogP contribution in [0.25, 0.3) is 16.9 Å². The molecule has 0 N–H and O–H groups in total. The Kier molecular flexibility index (Phi) is 2.94. The molecule has 0 radical (unpaired) electrons. The first-order valence-electron chi connectivity index (χ1n) is 5.76. The minimum atomic E-state index is -4.42. The maximum atomic E-state index is 13.0. The molecule has 0 aliphatic rings. The van der Waals surface area contributed by atoms with E-state index >= 15 is 0 Å². The zero-order chi connectivity index (χ0) is 14.3. The minimum Gasteiger partial charge on any atom is -0.305 e. The SMILES string of the molecule is FC(F)(F)c1ccccc1-c1cn2cccc(Cl)c2n1. The number of imidazole rings is 1. The third-order valence-electron chi connectivity index (χ3n) is 2.94. The second-order valence-electron chi connectivity index (χ2n) is 4.26. The minimum absolute atomic E-state index is 0.0415. The Hall–Kier alpha value is -2.01. The molecule has 102 valence electrons. The molecular weight excluding hydrogens is 289 g/mol. The lowest BCUT2D eigenvalue weighted by molar-refractivity contribution is -0.137. The van der Waals surface area contributed by atoms with Crippen molar-refractivity contribution in [3.05, 3.63) is 59.4 Å². The first kappa shape index (κ1) is 13.0. The number of nitrogens with zero attached hydrogens (tertiary/aromatic N) is 2. The van der Waals surface area contributed by atoms with Crippen LogP contribution in [-0.2, 0) is 6.18 Å². The first-order chi connectivity index (χ1) is 9.47. The van der Waals surface area contributed by atoms with Gasteiger partial charge in [0.15, 0.2) is 5.65 Å². The summed E-state index contributed by atoms with van der Waals surface area (Å²) in [6.45, 7) is 0. The van der Waals surface area contributed by atoms with Gasteiger partial charge in [-0.1, -0.05) is 29.8 Å². The van der Waals surface area contributed by atoms with Crippen LogP contribution in [0.3, 0.4) is 0 Å². The Balaban J connectivity index is 2.24. The molecule has 0 saturated carbocycles. The molecule has 3 rings (SSSR count). The van der Waals surface area contributed by atoms with Gasteiger partial charge in [-0.15, -0.1) is 0 Å². The van der Waals surface area contributed by atoms with Gasteiger partial charge in [0.25, 0.3) is 0 Å². The molecule has 2 nitrogen and oxygen atoms in total. The van der Waals surface area contributed by atoms with E-state index in [1.165, 1.54) is 18.3 Å². The summed E-state index contributed by atoms with van der Waals surface area (Å²) in [5, 5.41) is 0.392. The zero-order valence-electron chi connectivity index (χ0n) is 10.0. The van der Waals surface area contributed by atoms with Crippen molar-refractivity contribution in [3.63, 3.8) is 0 Å². The van der Waals surface area contributed by atoms with Gasteiger partial charge in [-0.05, 0) is 18.2 Å². The molecule has 0 atom stereocenters. The molecule has 0 fully saturated rings. The van der Waals surface area contributed by atoms with Crippen LogP contribution in [0.2, 0.25) is 5.02 Å². The van der Waals surface area contributed by atoms with Gasteiger partial charge >= 0.3 is 6.18 Å². The standard InChI is InChI=1S/C14H8ClF3N2/c15-11-6-3-7-20-8-12(19-13(11)20)9-4-1-2-5-10(9)14(16,17)18/h1-8H. The fourth-order valence-corrected chi connectivity index (χ4v) is 2.27. The quantitative estimate of drug-likeness (QED) is 0.637. The predicted molar refractivity (Wildman–Crippen MR) is 70.6 cm³/mol. The van der Waals surface area contributed by atoms with Crippen molar-refractivity contribution in [3.8, 4) is 11.3 Å². The summed E-state index contributed by atoms with van der Waals surface area (Å²) in [5.41, 5.74) is 0.00599. The highest BCUT2D eigenvalue weighted by molar-refractivity contribution is 6.33. The van der Waals surface area contributed by atoms with E-state index in [0.29, 0.717) is 10.7 Å². The summed E-state index contributed by atoms with van der Waals surface area (Å²) in [4.78, 5) is 4.19. The number of fused-ring (bicyclic) bond motifs is 1. The molecule has 0 spiro atoms. The lowest BCUT2D eigenvalue weighted by Gasteiger charge is -2.10. The number of aromatic nitrogens is 2.